The van der Waals surface area contributed by atoms with E-state index in [-0.39, 0.29) is 24.3 Å². The second-order valence-corrected chi connectivity index (χ2v) is 8.16. The van der Waals surface area contributed by atoms with E-state index < -0.39 is 6.04 Å². The number of halogens is 1. The minimum Gasteiger partial charge on any atom is -0.352 e. The topological polar surface area (TPSA) is 49.4 Å². The van der Waals surface area contributed by atoms with E-state index in [1.807, 2.05) is 69.3 Å². The zero-order chi connectivity index (χ0) is 20.7. The van der Waals surface area contributed by atoms with Gasteiger partial charge in [-0.3, -0.25) is 9.59 Å². The molecule has 2 aromatic carbocycles. The van der Waals surface area contributed by atoms with E-state index in [0.29, 0.717) is 6.54 Å². The molecule has 5 heteroatoms. The Kier molecular flexibility index (Phi) is 8.24. The van der Waals surface area contributed by atoms with Crippen LogP contribution < -0.4 is 5.32 Å². The second-order valence-electron chi connectivity index (χ2n) is 7.25. The van der Waals surface area contributed by atoms with Crippen LogP contribution in [0.4, 0.5) is 0 Å². The van der Waals surface area contributed by atoms with E-state index >= 15 is 0 Å². The first-order valence-electron chi connectivity index (χ1n) is 9.70. The van der Waals surface area contributed by atoms with Gasteiger partial charge >= 0.3 is 0 Å². The van der Waals surface area contributed by atoms with Crippen molar-refractivity contribution in [2.24, 2.45) is 0 Å². The van der Waals surface area contributed by atoms with Crippen molar-refractivity contribution >= 4 is 27.7 Å². The molecule has 0 bridgehead atoms. The van der Waals surface area contributed by atoms with Crippen LogP contribution in [0.25, 0.3) is 0 Å². The van der Waals surface area contributed by atoms with Crippen molar-refractivity contribution in [1.82, 2.24) is 10.2 Å². The van der Waals surface area contributed by atoms with Crippen molar-refractivity contribution in [3.8, 4) is 0 Å². The number of hydrogen-bond acceptors (Lipinski definition) is 2. The van der Waals surface area contributed by atoms with Gasteiger partial charge in [-0.05, 0) is 56.0 Å². The summed E-state index contributed by atoms with van der Waals surface area (Å²) in [5.74, 6) is -0.177. The molecule has 4 nitrogen and oxygen atoms in total. The molecule has 2 amide bonds. The molecule has 0 heterocycles. The number of hydrogen-bond donors (Lipinski definition) is 1. The van der Waals surface area contributed by atoms with Crippen LogP contribution in [0.15, 0.2) is 53.0 Å². The molecule has 0 aromatic heterocycles. The van der Waals surface area contributed by atoms with Gasteiger partial charge in [0.15, 0.2) is 0 Å². The van der Waals surface area contributed by atoms with E-state index in [1.54, 1.807) is 11.8 Å². The van der Waals surface area contributed by atoms with Crippen LogP contribution in [-0.2, 0) is 22.6 Å². The first-order chi connectivity index (χ1) is 13.3. The van der Waals surface area contributed by atoms with Crippen molar-refractivity contribution < 1.29 is 9.59 Å². The largest absolute Gasteiger partial charge is 0.352 e. The van der Waals surface area contributed by atoms with Crippen LogP contribution in [0.2, 0.25) is 0 Å². The molecule has 1 N–H and O–H groups in total. The van der Waals surface area contributed by atoms with Gasteiger partial charge in [-0.1, -0.05) is 59.3 Å². The quantitative estimate of drug-likeness (QED) is 0.644. The van der Waals surface area contributed by atoms with Gasteiger partial charge in [0.1, 0.15) is 6.04 Å². The van der Waals surface area contributed by atoms with Crippen LogP contribution >= 0.6 is 15.9 Å². The average Bonchev–Trinajstić information content (AvgIpc) is 2.67. The first kappa shape index (κ1) is 22.2. The summed E-state index contributed by atoms with van der Waals surface area (Å²) in [7, 11) is 0. The van der Waals surface area contributed by atoms with Crippen molar-refractivity contribution in [2.45, 2.75) is 59.2 Å². The number of rotatable bonds is 8. The Bertz CT molecular complexity index is 822. The fraction of sp³-hybridized carbons (Fsp3) is 0.391. The fourth-order valence-electron chi connectivity index (χ4n) is 2.95. The highest BCUT2D eigenvalue weighted by Crippen LogP contribution is 2.17. The number of benzene rings is 2. The van der Waals surface area contributed by atoms with Gasteiger partial charge in [0, 0.05) is 17.1 Å². The number of carbonyl (C=O) groups excluding carboxylic acids is 2. The molecule has 2 aromatic rings. The summed E-state index contributed by atoms with van der Waals surface area (Å²) in [6, 6.07) is 15.2. The third-order valence-electron chi connectivity index (χ3n) is 5.01. The van der Waals surface area contributed by atoms with Crippen LogP contribution in [0.3, 0.4) is 0 Å². The van der Waals surface area contributed by atoms with E-state index in [1.165, 1.54) is 0 Å². The molecule has 0 aliphatic rings. The molecule has 0 spiro atoms. The molecule has 2 rings (SSSR count). The minimum atomic E-state index is -0.551. The maximum atomic E-state index is 13.2. The maximum Gasteiger partial charge on any atom is 0.242 e. The number of nitrogens with one attached hydrogen (secondary N) is 1. The van der Waals surface area contributed by atoms with Crippen molar-refractivity contribution in [2.75, 3.05) is 0 Å². The summed E-state index contributed by atoms with van der Waals surface area (Å²) in [6.07, 6.45) is 1.13. The summed E-state index contributed by atoms with van der Waals surface area (Å²) >= 11 is 3.48. The normalized spacial score (nSPS) is 12.9. The highest BCUT2D eigenvalue weighted by atomic mass is 79.9. The summed E-state index contributed by atoms with van der Waals surface area (Å²) in [4.78, 5) is 27.6. The number of aryl methyl sites for hydroxylation is 1. The van der Waals surface area contributed by atoms with Gasteiger partial charge in [0.25, 0.3) is 0 Å². The number of nitrogens with zero attached hydrogens (tertiary/aromatic N) is 1. The van der Waals surface area contributed by atoms with E-state index in [9.17, 15) is 9.59 Å². The molecule has 2 atom stereocenters. The van der Waals surface area contributed by atoms with E-state index in [2.05, 4.69) is 21.2 Å². The Morgan fingerprint density at radius 2 is 1.82 bits per heavy atom. The van der Waals surface area contributed by atoms with Gasteiger partial charge in [-0.25, -0.2) is 0 Å². The summed E-state index contributed by atoms with van der Waals surface area (Å²) < 4.78 is 0.952. The summed E-state index contributed by atoms with van der Waals surface area (Å²) in [6.45, 7) is 8.18. The predicted octanol–water partition coefficient (Wildman–Crippen LogP) is 4.63. The molecule has 0 saturated carbocycles. The van der Waals surface area contributed by atoms with E-state index in [0.717, 1.165) is 27.6 Å². The maximum absolute atomic E-state index is 13.2. The lowest BCUT2D eigenvalue weighted by molar-refractivity contribution is -0.140. The third-order valence-corrected chi connectivity index (χ3v) is 5.51. The van der Waals surface area contributed by atoms with Crippen molar-refractivity contribution in [3.05, 3.63) is 69.7 Å². The average molecular weight is 445 g/mol. The SMILES string of the molecule is CC[C@H](C)NC(=O)[C@H](C)N(Cc1cccc(Br)c1)C(=O)Cc1ccccc1C. The van der Waals surface area contributed by atoms with Gasteiger partial charge < -0.3 is 10.2 Å². The smallest absolute Gasteiger partial charge is 0.242 e. The lowest BCUT2D eigenvalue weighted by Crippen LogP contribution is -2.49. The van der Waals surface area contributed by atoms with Gasteiger partial charge in [0.05, 0.1) is 6.42 Å². The molecule has 0 saturated heterocycles. The molecular weight excluding hydrogens is 416 g/mol. The second kappa shape index (κ2) is 10.4. The molecule has 0 aliphatic carbocycles. The standard InChI is InChI=1S/C23H29BrN2O2/c1-5-17(3)25-23(28)18(4)26(15-19-10-8-12-21(24)13-19)22(27)14-20-11-7-6-9-16(20)2/h6-13,17-18H,5,14-15H2,1-4H3,(H,25,28)/t17-,18-/m0/s1. The highest BCUT2D eigenvalue weighted by Gasteiger charge is 2.27. The first-order valence-corrected chi connectivity index (χ1v) is 10.5. The number of carbonyl (C=O) groups is 2. The van der Waals surface area contributed by atoms with Gasteiger partial charge in [-0.15, -0.1) is 0 Å². The van der Waals surface area contributed by atoms with Crippen LogP contribution in [-0.4, -0.2) is 28.8 Å². The van der Waals surface area contributed by atoms with Gasteiger partial charge in [-0.2, -0.15) is 0 Å². The third kappa shape index (κ3) is 6.20. The Morgan fingerprint density at radius 1 is 1.11 bits per heavy atom. The monoisotopic (exact) mass is 444 g/mol. The Labute approximate surface area is 176 Å². The summed E-state index contributed by atoms with van der Waals surface area (Å²) in [5.41, 5.74) is 3.05. The summed E-state index contributed by atoms with van der Waals surface area (Å²) in [5, 5.41) is 2.99. The van der Waals surface area contributed by atoms with Crippen molar-refractivity contribution in [3.63, 3.8) is 0 Å². The van der Waals surface area contributed by atoms with Crippen molar-refractivity contribution in [1.29, 1.82) is 0 Å². The highest BCUT2D eigenvalue weighted by molar-refractivity contribution is 9.10. The van der Waals surface area contributed by atoms with Crippen LogP contribution in [0, 0.1) is 6.92 Å². The van der Waals surface area contributed by atoms with Gasteiger partial charge in [0.2, 0.25) is 11.8 Å². The molecule has 0 fully saturated rings. The van der Waals surface area contributed by atoms with E-state index in [4.69, 9.17) is 0 Å². The molecule has 150 valence electrons. The van der Waals surface area contributed by atoms with Crippen LogP contribution in [0.1, 0.15) is 43.9 Å². The lowest BCUT2D eigenvalue weighted by atomic mass is 10.0. The molecule has 0 unspecified atom stereocenters. The molecule has 28 heavy (non-hydrogen) atoms. The Morgan fingerprint density at radius 3 is 2.46 bits per heavy atom. The Balaban J connectivity index is 2.25. The predicted molar refractivity (Wildman–Crippen MR) is 117 cm³/mol. The minimum absolute atomic E-state index is 0.0546. The molecule has 0 radical (unpaired) electrons. The fourth-order valence-corrected chi connectivity index (χ4v) is 3.40. The molecule has 0 aliphatic heterocycles. The van der Waals surface area contributed by atoms with Crippen LogP contribution in [0.5, 0.6) is 0 Å². The zero-order valence-corrected chi connectivity index (χ0v) is 18.6. The Hall–Kier alpha value is -2.14. The lowest BCUT2D eigenvalue weighted by Gasteiger charge is -2.30. The zero-order valence-electron chi connectivity index (χ0n) is 17.0. The number of amides is 2. The molecular formula is C23H29BrN2O2.